The number of hydrogen-bond acceptors (Lipinski definition) is 3. The molecule has 3 heteroatoms. The van der Waals surface area contributed by atoms with Crippen LogP contribution in [0.15, 0.2) is 0 Å². The van der Waals surface area contributed by atoms with Crippen LogP contribution in [0.3, 0.4) is 0 Å². The van der Waals surface area contributed by atoms with Crippen LogP contribution in [0.25, 0.3) is 0 Å². The Kier molecular flexibility index (Phi) is 6.86. The second kappa shape index (κ2) is 8.70. The van der Waals surface area contributed by atoms with Gasteiger partial charge in [-0.1, -0.05) is 0 Å². The van der Waals surface area contributed by atoms with Gasteiger partial charge in [0, 0.05) is 19.6 Å². The molecule has 110 valence electrons. The van der Waals surface area contributed by atoms with E-state index in [1.165, 1.54) is 58.2 Å². The topological polar surface area (TPSA) is 29.5 Å². The number of carbonyl (C=O) groups is 1. The van der Waals surface area contributed by atoms with Crippen molar-refractivity contribution in [2.24, 2.45) is 11.8 Å². The summed E-state index contributed by atoms with van der Waals surface area (Å²) in [6, 6.07) is 0. The number of unbranched alkanes of at least 4 members (excludes halogenated alkanes) is 1. The van der Waals surface area contributed by atoms with Crippen molar-refractivity contribution in [3.05, 3.63) is 0 Å². The van der Waals surface area contributed by atoms with Gasteiger partial charge in [0.25, 0.3) is 0 Å². The van der Waals surface area contributed by atoms with Crippen molar-refractivity contribution in [1.29, 1.82) is 0 Å². The van der Waals surface area contributed by atoms with E-state index < -0.39 is 0 Å². The maximum Gasteiger partial charge on any atom is 0.119 e. The molecule has 0 aliphatic carbocycles. The van der Waals surface area contributed by atoms with E-state index in [4.69, 9.17) is 4.74 Å². The lowest BCUT2D eigenvalue weighted by atomic mass is 9.91. The molecular weight excluding hydrogens is 238 g/mol. The van der Waals surface area contributed by atoms with Crippen molar-refractivity contribution in [2.75, 3.05) is 32.8 Å². The number of hydrogen-bond donors (Lipinski definition) is 0. The highest BCUT2D eigenvalue weighted by molar-refractivity contribution is 5.48. The van der Waals surface area contributed by atoms with Crippen molar-refractivity contribution < 1.29 is 9.53 Å². The van der Waals surface area contributed by atoms with Crippen LogP contribution in [0.1, 0.15) is 51.4 Å². The summed E-state index contributed by atoms with van der Waals surface area (Å²) in [6.45, 7) is 5.78. The van der Waals surface area contributed by atoms with E-state index in [9.17, 15) is 4.79 Å². The van der Waals surface area contributed by atoms with Gasteiger partial charge < -0.3 is 14.4 Å². The molecule has 2 rings (SSSR count). The van der Waals surface area contributed by atoms with Crippen LogP contribution >= 0.6 is 0 Å². The normalized spacial score (nSPS) is 23.6. The van der Waals surface area contributed by atoms with Gasteiger partial charge in [-0.3, -0.25) is 0 Å². The molecule has 0 saturated carbocycles. The number of piperidine rings is 1. The minimum Gasteiger partial charge on any atom is -0.381 e. The van der Waals surface area contributed by atoms with Crippen molar-refractivity contribution in [3.63, 3.8) is 0 Å². The Bertz CT molecular complexity index is 243. The smallest absolute Gasteiger partial charge is 0.119 e. The summed E-state index contributed by atoms with van der Waals surface area (Å²) in [7, 11) is 0. The molecule has 0 unspecified atom stereocenters. The molecule has 0 aromatic carbocycles. The fourth-order valence-electron chi connectivity index (χ4n) is 3.39. The van der Waals surface area contributed by atoms with Crippen LogP contribution in [-0.4, -0.2) is 44.0 Å². The summed E-state index contributed by atoms with van der Waals surface area (Å²) < 4.78 is 5.41. The molecule has 0 aromatic heterocycles. The van der Waals surface area contributed by atoms with Gasteiger partial charge in [-0.25, -0.2) is 0 Å². The molecule has 0 amide bonds. The number of rotatable bonds is 7. The van der Waals surface area contributed by atoms with E-state index in [1.54, 1.807) is 0 Å². The van der Waals surface area contributed by atoms with Crippen LogP contribution in [0.2, 0.25) is 0 Å². The zero-order valence-electron chi connectivity index (χ0n) is 12.2. The minimum atomic E-state index is 0.754. The molecule has 0 N–H and O–H groups in total. The monoisotopic (exact) mass is 267 g/mol. The van der Waals surface area contributed by atoms with Crippen LogP contribution in [0.5, 0.6) is 0 Å². The Hall–Kier alpha value is -0.410. The zero-order valence-corrected chi connectivity index (χ0v) is 12.2. The second-order valence-electron chi connectivity index (χ2n) is 6.23. The number of carbonyl (C=O) groups excluding carboxylic acids is 1. The SMILES string of the molecule is O=CCCCC1CCN(CCC2CCOCC2)CC1. The van der Waals surface area contributed by atoms with Crippen molar-refractivity contribution in [1.82, 2.24) is 4.90 Å². The molecule has 2 heterocycles. The van der Waals surface area contributed by atoms with Gasteiger partial charge in [0.15, 0.2) is 0 Å². The Balaban J connectivity index is 1.54. The molecule has 3 nitrogen and oxygen atoms in total. The highest BCUT2D eigenvalue weighted by Crippen LogP contribution is 2.24. The first-order chi connectivity index (χ1) is 9.38. The third-order valence-electron chi connectivity index (χ3n) is 4.84. The Morgan fingerprint density at radius 3 is 2.37 bits per heavy atom. The van der Waals surface area contributed by atoms with E-state index in [0.29, 0.717) is 0 Å². The van der Waals surface area contributed by atoms with Gasteiger partial charge in [-0.2, -0.15) is 0 Å². The molecule has 0 radical (unpaired) electrons. The number of likely N-dealkylation sites (tertiary alicyclic amines) is 1. The summed E-state index contributed by atoms with van der Waals surface area (Å²) in [5.74, 6) is 1.78. The summed E-state index contributed by atoms with van der Waals surface area (Å²) in [6.07, 6.45) is 10.7. The fourth-order valence-corrected chi connectivity index (χ4v) is 3.39. The summed E-state index contributed by atoms with van der Waals surface area (Å²) in [4.78, 5) is 13.0. The fraction of sp³-hybridized carbons (Fsp3) is 0.938. The van der Waals surface area contributed by atoms with Gasteiger partial charge in [0.1, 0.15) is 6.29 Å². The molecule has 0 bridgehead atoms. The van der Waals surface area contributed by atoms with Gasteiger partial charge >= 0.3 is 0 Å². The lowest BCUT2D eigenvalue weighted by Gasteiger charge is -2.33. The number of ether oxygens (including phenoxy) is 1. The van der Waals surface area contributed by atoms with E-state index in [-0.39, 0.29) is 0 Å². The lowest BCUT2D eigenvalue weighted by Crippen LogP contribution is -2.35. The highest BCUT2D eigenvalue weighted by Gasteiger charge is 2.20. The van der Waals surface area contributed by atoms with E-state index in [0.717, 1.165) is 44.2 Å². The Morgan fingerprint density at radius 1 is 1.00 bits per heavy atom. The van der Waals surface area contributed by atoms with Crippen LogP contribution in [-0.2, 0) is 9.53 Å². The van der Waals surface area contributed by atoms with E-state index in [1.807, 2.05) is 0 Å². The molecule has 2 fully saturated rings. The second-order valence-corrected chi connectivity index (χ2v) is 6.23. The Morgan fingerprint density at radius 2 is 1.68 bits per heavy atom. The first-order valence-electron chi connectivity index (χ1n) is 8.12. The Labute approximate surface area is 117 Å². The van der Waals surface area contributed by atoms with Crippen molar-refractivity contribution in [2.45, 2.75) is 51.4 Å². The minimum absolute atomic E-state index is 0.754. The van der Waals surface area contributed by atoms with Crippen molar-refractivity contribution in [3.8, 4) is 0 Å². The molecule has 2 aliphatic heterocycles. The number of nitrogens with zero attached hydrogens (tertiary/aromatic N) is 1. The summed E-state index contributed by atoms with van der Waals surface area (Å²) in [5, 5.41) is 0. The molecule has 0 atom stereocenters. The molecule has 2 saturated heterocycles. The lowest BCUT2D eigenvalue weighted by molar-refractivity contribution is -0.108. The predicted octanol–water partition coefficient (Wildman–Crippen LogP) is 2.88. The van der Waals surface area contributed by atoms with Crippen molar-refractivity contribution >= 4 is 6.29 Å². The third kappa shape index (κ3) is 5.62. The number of aldehydes is 1. The molecule has 2 aliphatic rings. The predicted molar refractivity (Wildman–Crippen MR) is 77.2 cm³/mol. The zero-order chi connectivity index (χ0) is 13.3. The highest BCUT2D eigenvalue weighted by atomic mass is 16.5. The van der Waals surface area contributed by atoms with Crippen LogP contribution < -0.4 is 0 Å². The van der Waals surface area contributed by atoms with E-state index in [2.05, 4.69) is 4.90 Å². The van der Waals surface area contributed by atoms with Gasteiger partial charge in [0.05, 0.1) is 0 Å². The largest absolute Gasteiger partial charge is 0.381 e. The maximum atomic E-state index is 10.3. The quantitative estimate of drug-likeness (QED) is 0.525. The van der Waals surface area contributed by atoms with Gasteiger partial charge in [-0.15, -0.1) is 0 Å². The standard InChI is InChI=1S/C16H29NO2/c18-12-2-1-3-15-4-9-17(10-5-15)11-6-16-7-13-19-14-8-16/h12,15-16H,1-11,13-14H2. The molecule has 0 aromatic rings. The van der Waals surface area contributed by atoms with E-state index >= 15 is 0 Å². The molecular formula is C16H29NO2. The maximum absolute atomic E-state index is 10.3. The summed E-state index contributed by atoms with van der Waals surface area (Å²) >= 11 is 0. The van der Waals surface area contributed by atoms with Crippen LogP contribution in [0.4, 0.5) is 0 Å². The summed E-state index contributed by atoms with van der Waals surface area (Å²) in [5.41, 5.74) is 0. The first kappa shape index (κ1) is 15.0. The average Bonchev–Trinajstić information content (AvgIpc) is 2.48. The third-order valence-corrected chi connectivity index (χ3v) is 4.84. The molecule has 19 heavy (non-hydrogen) atoms. The first-order valence-corrected chi connectivity index (χ1v) is 8.12. The van der Waals surface area contributed by atoms with Gasteiger partial charge in [-0.05, 0) is 76.4 Å². The average molecular weight is 267 g/mol. The van der Waals surface area contributed by atoms with Crippen LogP contribution in [0, 0.1) is 11.8 Å². The van der Waals surface area contributed by atoms with Gasteiger partial charge in [0.2, 0.25) is 0 Å². The molecule has 0 spiro atoms.